The van der Waals surface area contributed by atoms with Crippen molar-refractivity contribution in [2.45, 2.75) is 5.92 Å². The Kier molecular flexibility index (Phi) is 3.42. The lowest BCUT2D eigenvalue weighted by Crippen LogP contribution is -2.49. The first kappa shape index (κ1) is 14.3. The molecular weight excluding hydrogens is 310 g/mol. The van der Waals surface area contributed by atoms with Crippen LogP contribution in [0.5, 0.6) is 0 Å². The van der Waals surface area contributed by atoms with E-state index in [1.807, 2.05) is 30.3 Å². The van der Waals surface area contributed by atoms with E-state index in [2.05, 4.69) is 20.3 Å². The minimum atomic E-state index is -0.340. The van der Waals surface area contributed by atoms with Gasteiger partial charge < -0.3 is 9.42 Å². The number of nitrogens with zero attached hydrogens (tertiary/aromatic N) is 4. The zero-order chi connectivity index (χ0) is 16.5. The number of carbonyl (C=O) groups is 1. The van der Waals surface area contributed by atoms with E-state index in [-0.39, 0.29) is 23.1 Å². The number of likely N-dealkylation sites (tertiary alicyclic amines) is 1. The lowest BCUT2D eigenvalue weighted by atomic mass is 9.99. The maximum Gasteiger partial charge on any atom is 0.274 e. The first-order valence-electron chi connectivity index (χ1n) is 7.45. The Morgan fingerprint density at radius 3 is 2.67 bits per heavy atom. The van der Waals surface area contributed by atoms with E-state index >= 15 is 0 Å². The normalized spacial score (nSPS) is 14.4. The SMILES string of the molecule is O=C(c1ccc(=O)[nH]n1)N1CC(c2nc(-c3ccccc3)no2)C1. The van der Waals surface area contributed by atoms with E-state index < -0.39 is 0 Å². The average molecular weight is 323 g/mol. The van der Waals surface area contributed by atoms with Gasteiger partial charge in [0.1, 0.15) is 5.69 Å². The van der Waals surface area contributed by atoms with Gasteiger partial charge in [-0.1, -0.05) is 35.5 Å². The highest BCUT2D eigenvalue weighted by Gasteiger charge is 2.36. The lowest BCUT2D eigenvalue weighted by molar-refractivity contribution is 0.0562. The van der Waals surface area contributed by atoms with Crippen LogP contribution < -0.4 is 5.56 Å². The largest absolute Gasteiger partial charge is 0.339 e. The summed E-state index contributed by atoms with van der Waals surface area (Å²) in [5.74, 6) is 0.844. The summed E-state index contributed by atoms with van der Waals surface area (Å²) in [5.41, 5.74) is 0.757. The van der Waals surface area contributed by atoms with Gasteiger partial charge in [0.25, 0.3) is 11.5 Å². The van der Waals surface area contributed by atoms with E-state index in [9.17, 15) is 9.59 Å². The van der Waals surface area contributed by atoms with Crippen molar-refractivity contribution in [3.05, 3.63) is 64.4 Å². The van der Waals surface area contributed by atoms with Gasteiger partial charge in [-0.2, -0.15) is 10.1 Å². The van der Waals surface area contributed by atoms with E-state index in [0.29, 0.717) is 24.8 Å². The minimum Gasteiger partial charge on any atom is -0.339 e. The number of H-pyrrole nitrogens is 1. The number of amides is 1. The van der Waals surface area contributed by atoms with Gasteiger partial charge in [-0.25, -0.2) is 5.10 Å². The fourth-order valence-electron chi connectivity index (χ4n) is 2.53. The maximum atomic E-state index is 12.2. The van der Waals surface area contributed by atoms with Gasteiger partial charge in [-0.05, 0) is 6.07 Å². The molecule has 8 heteroatoms. The van der Waals surface area contributed by atoms with E-state index in [1.54, 1.807) is 4.90 Å². The third-order valence-electron chi connectivity index (χ3n) is 3.89. The fraction of sp³-hybridized carbons (Fsp3) is 0.188. The standard InChI is InChI=1S/C16H13N5O3/c22-13-7-6-12(18-19-13)16(23)21-8-11(9-21)15-17-14(20-24-15)10-4-2-1-3-5-10/h1-7,11H,8-9H2,(H,19,22). The Morgan fingerprint density at radius 2 is 1.96 bits per heavy atom. The van der Waals surface area contributed by atoms with Crippen molar-refractivity contribution < 1.29 is 9.32 Å². The van der Waals surface area contributed by atoms with Gasteiger partial charge in [0.2, 0.25) is 11.7 Å². The molecule has 0 unspecified atom stereocenters. The molecular formula is C16H13N5O3. The van der Waals surface area contributed by atoms with Crippen LogP contribution in [-0.4, -0.2) is 44.2 Å². The Hall–Kier alpha value is -3.29. The molecule has 0 atom stereocenters. The van der Waals surface area contributed by atoms with Crippen LogP contribution in [0.15, 0.2) is 51.8 Å². The number of carbonyl (C=O) groups excluding carboxylic acids is 1. The molecule has 120 valence electrons. The molecule has 3 aromatic rings. The van der Waals surface area contributed by atoms with Crippen molar-refractivity contribution in [2.75, 3.05) is 13.1 Å². The molecule has 0 saturated carbocycles. The number of nitrogens with one attached hydrogen (secondary N) is 1. The van der Waals surface area contributed by atoms with Gasteiger partial charge >= 0.3 is 0 Å². The van der Waals surface area contributed by atoms with Crippen LogP contribution in [0.4, 0.5) is 0 Å². The van der Waals surface area contributed by atoms with Crippen molar-refractivity contribution in [3.63, 3.8) is 0 Å². The number of aromatic amines is 1. The van der Waals surface area contributed by atoms with Gasteiger partial charge in [-0.3, -0.25) is 9.59 Å². The highest BCUT2D eigenvalue weighted by molar-refractivity contribution is 5.92. The van der Waals surface area contributed by atoms with Crippen molar-refractivity contribution in [1.29, 1.82) is 0 Å². The van der Waals surface area contributed by atoms with Crippen molar-refractivity contribution >= 4 is 5.91 Å². The summed E-state index contributed by atoms with van der Waals surface area (Å²) in [7, 11) is 0. The predicted octanol–water partition coefficient (Wildman–Crippen LogP) is 1.06. The van der Waals surface area contributed by atoms with Crippen LogP contribution in [0.2, 0.25) is 0 Å². The molecule has 1 N–H and O–H groups in total. The fourth-order valence-corrected chi connectivity index (χ4v) is 2.53. The quantitative estimate of drug-likeness (QED) is 0.772. The molecule has 1 saturated heterocycles. The van der Waals surface area contributed by atoms with Crippen molar-refractivity contribution in [2.24, 2.45) is 0 Å². The molecule has 0 aliphatic carbocycles. The van der Waals surface area contributed by atoms with E-state index in [4.69, 9.17) is 4.52 Å². The second-order valence-electron chi connectivity index (χ2n) is 5.54. The summed E-state index contributed by atoms with van der Waals surface area (Å²) in [6.07, 6.45) is 0. The summed E-state index contributed by atoms with van der Waals surface area (Å²) in [6, 6.07) is 12.2. The Morgan fingerprint density at radius 1 is 1.17 bits per heavy atom. The molecule has 1 amide bonds. The number of hydrogen-bond donors (Lipinski definition) is 1. The van der Waals surface area contributed by atoms with Crippen molar-refractivity contribution in [3.8, 4) is 11.4 Å². The van der Waals surface area contributed by atoms with Crippen LogP contribution in [0.3, 0.4) is 0 Å². The highest BCUT2D eigenvalue weighted by Crippen LogP contribution is 2.28. The average Bonchev–Trinajstić information content (AvgIpc) is 3.04. The van der Waals surface area contributed by atoms with Crippen molar-refractivity contribution in [1.82, 2.24) is 25.2 Å². The third kappa shape index (κ3) is 2.58. The molecule has 1 aliphatic rings. The van der Waals surface area contributed by atoms with Crippen LogP contribution in [0, 0.1) is 0 Å². The number of aromatic nitrogens is 4. The first-order chi connectivity index (χ1) is 11.7. The molecule has 1 aliphatic heterocycles. The monoisotopic (exact) mass is 323 g/mol. The maximum absolute atomic E-state index is 12.2. The molecule has 3 heterocycles. The summed E-state index contributed by atoms with van der Waals surface area (Å²) in [4.78, 5) is 29.2. The summed E-state index contributed by atoms with van der Waals surface area (Å²) in [6.45, 7) is 0.964. The molecule has 0 bridgehead atoms. The van der Waals surface area contributed by atoms with Crippen LogP contribution in [-0.2, 0) is 0 Å². The molecule has 24 heavy (non-hydrogen) atoms. The number of benzene rings is 1. The molecule has 0 spiro atoms. The minimum absolute atomic E-state index is 0.0154. The molecule has 1 fully saturated rings. The van der Waals surface area contributed by atoms with E-state index in [0.717, 1.165) is 5.56 Å². The second kappa shape index (κ2) is 5.73. The van der Waals surface area contributed by atoms with E-state index in [1.165, 1.54) is 12.1 Å². The molecule has 1 aromatic carbocycles. The van der Waals surface area contributed by atoms with Gasteiger partial charge in [0.15, 0.2) is 0 Å². The Balaban J connectivity index is 1.43. The molecule has 4 rings (SSSR count). The lowest BCUT2D eigenvalue weighted by Gasteiger charge is -2.36. The first-order valence-corrected chi connectivity index (χ1v) is 7.45. The third-order valence-corrected chi connectivity index (χ3v) is 3.89. The molecule has 8 nitrogen and oxygen atoms in total. The Bertz CT molecular complexity index is 908. The van der Waals surface area contributed by atoms with Gasteiger partial charge in [-0.15, -0.1) is 0 Å². The smallest absolute Gasteiger partial charge is 0.274 e. The Labute approximate surface area is 136 Å². The molecule has 0 radical (unpaired) electrons. The topological polar surface area (TPSA) is 105 Å². The zero-order valence-electron chi connectivity index (χ0n) is 12.5. The second-order valence-corrected chi connectivity index (χ2v) is 5.54. The van der Waals surface area contributed by atoms with Crippen LogP contribution in [0.25, 0.3) is 11.4 Å². The molecule has 2 aromatic heterocycles. The highest BCUT2D eigenvalue weighted by atomic mass is 16.5. The van der Waals surface area contributed by atoms with Gasteiger partial charge in [0, 0.05) is 24.7 Å². The summed E-state index contributed by atoms with van der Waals surface area (Å²) in [5, 5.41) is 9.98. The summed E-state index contributed by atoms with van der Waals surface area (Å²) < 4.78 is 5.31. The van der Waals surface area contributed by atoms with Gasteiger partial charge in [0.05, 0.1) is 5.92 Å². The number of rotatable bonds is 3. The summed E-state index contributed by atoms with van der Waals surface area (Å²) >= 11 is 0. The van der Waals surface area contributed by atoms with Crippen LogP contribution in [0.1, 0.15) is 22.3 Å². The zero-order valence-corrected chi connectivity index (χ0v) is 12.5. The number of hydrogen-bond acceptors (Lipinski definition) is 6. The van der Waals surface area contributed by atoms with Crippen LogP contribution >= 0.6 is 0 Å². The predicted molar refractivity (Wildman–Crippen MR) is 83.2 cm³/mol.